The summed E-state index contributed by atoms with van der Waals surface area (Å²) in [6.07, 6.45) is 2.66. The molecule has 19 heavy (non-hydrogen) atoms. The molecule has 0 bridgehead atoms. The van der Waals surface area contributed by atoms with Crippen LogP contribution in [0.25, 0.3) is 0 Å². The molecular weight excluding hydrogens is 238 g/mol. The van der Waals surface area contributed by atoms with Gasteiger partial charge in [0.25, 0.3) is 0 Å². The van der Waals surface area contributed by atoms with E-state index in [9.17, 15) is 5.21 Å². The molecule has 1 heterocycles. The van der Waals surface area contributed by atoms with Crippen LogP contribution in [0, 0.1) is 5.21 Å². The lowest BCUT2D eigenvalue weighted by molar-refractivity contribution is -0.943. The van der Waals surface area contributed by atoms with Gasteiger partial charge < -0.3 is 15.0 Å². The van der Waals surface area contributed by atoms with Gasteiger partial charge in [0.1, 0.15) is 17.9 Å². The van der Waals surface area contributed by atoms with Crippen molar-refractivity contribution in [1.29, 1.82) is 0 Å². The van der Waals surface area contributed by atoms with E-state index in [1.807, 2.05) is 64.1 Å². The highest BCUT2D eigenvalue weighted by molar-refractivity contribution is 5.15. The van der Waals surface area contributed by atoms with Gasteiger partial charge in [-0.15, -0.1) is 0 Å². The molecular formula is C16H23NO2. The minimum Gasteiger partial charge on any atom is -0.633 e. The molecule has 0 aliphatic carbocycles. The molecule has 1 aliphatic heterocycles. The monoisotopic (exact) mass is 261 g/mol. The molecule has 1 unspecified atom stereocenters. The van der Waals surface area contributed by atoms with E-state index in [2.05, 4.69) is 0 Å². The molecule has 104 valence electrons. The van der Waals surface area contributed by atoms with Gasteiger partial charge in [0.05, 0.1) is 12.0 Å². The zero-order valence-corrected chi connectivity index (χ0v) is 12.2. The Labute approximate surface area is 115 Å². The van der Waals surface area contributed by atoms with Crippen molar-refractivity contribution < 1.29 is 9.80 Å². The predicted octanol–water partition coefficient (Wildman–Crippen LogP) is 2.43. The Morgan fingerprint density at radius 3 is 2.37 bits per heavy atom. The van der Waals surface area contributed by atoms with Gasteiger partial charge in [-0.25, -0.2) is 0 Å². The summed E-state index contributed by atoms with van der Waals surface area (Å²) < 4.78 is 5.90. The molecule has 3 nitrogen and oxygen atoms in total. The number of benzene rings is 1. The van der Waals surface area contributed by atoms with Crippen molar-refractivity contribution in [2.45, 2.75) is 51.8 Å². The lowest BCUT2D eigenvalue weighted by Gasteiger charge is -2.50. The van der Waals surface area contributed by atoms with E-state index in [-0.39, 0.29) is 10.6 Å². The van der Waals surface area contributed by atoms with Crippen molar-refractivity contribution in [3.63, 3.8) is 0 Å². The molecule has 0 fully saturated rings. The molecule has 0 spiro atoms. The predicted molar refractivity (Wildman–Crippen MR) is 76.4 cm³/mol. The molecule has 3 heteroatoms. The Morgan fingerprint density at radius 1 is 1.16 bits per heavy atom. The first-order valence-corrected chi connectivity index (χ1v) is 6.75. The van der Waals surface area contributed by atoms with Crippen molar-refractivity contribution in [3.8, 4) is 0 Å². The number of quaternary nitrogens is 1. The summed E-state index contributed by atoms with van der Waals surface area (Å²) in [6.45, 7) is 8.48. The molecule has 0 amide bonds. The van der Waals surface area contributed by atoms with Gasteiger partial charge in [0, 0.05) is 6.08 Å². The quantitative estimate of drug-likeness (QED) is 0.848. The van der Waals surface area contributed by atoms with Crippen molar-refractivity contribution in [2.75, 3.05) is 0 Å². The van der Waals surface area contributed by atoms with E-state index < -0.39 is 5.54 Å². The van der Waals surface area contributed by atoms with Crippen LogP contribution in [0.2, 0.25) is 0 Å². The molecule has 0 radical (unpaired) electrons. The molecule has 1 N–H and O–H groups in total. The van der Waals surface area contributed by atoms with Crippen LogP contribution in [0.4, 0.5) is 0 Å². The standard InChI is InChI=1S/C16H23NO2/c1-15(2)10-14(11-16(3,4)17(15)18)19-12-13-8-6-5-7-9-13/h5-10,17H,11-12H2,1-4H3. The number of hydrogen-bond acceptors (Lipinski definition) is 2. The summed E-state index contributed by atoms with van der Waals surface area (Å²) in [7, 11) is 0. The van der Waals surface area contributed by atoms with E-state index in [4.69, 9.17) is 4.74 Å². The zero-order chi connectivity index (χ0) is 14.1. The third-order valence-corrected chi connectivity index (χ3v) is 3.60. The van der Waals surface area contributed by atoms with Crippen LogP contribution >= 0.6 is 0 Å². The van der Waals surface area contributed by atoms with Gasteiger partial charge in [-0.2, -0.15) is 0 Å². The van der Waals surface area contributed by atoms with E-state index in [0.29, 0.717) is 13.0 Å². The van der Waals surface area contributed by atoms with E-state index in [1.54, 1.807) is 0 Å². The van der Waals surface area contributed by atoms with Crippen LogP contribution < -0.4 is 5.06 Å². The summed E-state index contributed by atoms with van der Waals surface area (Å²) in [5, 5.41) is 12.6. The van der Waals surface area contributed by atoms with Gasteiger partial charge in [0.15, 0.2) is 0 Å². The minimum absolute atomic E-state index is 0.284. The number of ether oxygens (including phenoxy) is 1. The van der Waals surface area contributed by atoms with E-state index in [1.165, 1.54) is 0 Å². The Morgan fingerprint density at radius 2 is 1.79 bits per heavy atom. The Balaban J connectivity index is 2.09. The van der Waals surface area contributed by atoms with Crippen LogP contribution in [0.5, 0.6) is 0 Å². The summed E-state index contributed by atoms with van der Waals surface area (Å²) in [5.41, 5.74) is 0.369. The fourth-order valence-electron chi connectivity index (χ4n) is 2.75. The molecule has 1 aromatic carbocycles. The number of hydroxylamine groups is 2. The fourth-order valence-corrected chi connectivity index (χ4v) is 2.75. The Hall–Kier alpha value is -1.32. The van der Waals surface area contributed by atoms with Crippen LogP contribution in [0.3, 0.4) is 0 Å². The van der Waals surface area contributed by atoms with Crippen molar-refractivity contribution in [2.24, 2.45) is 0 Å². The summed E-state index contributed by atoms with van der Waals surface area (Å²) >= 11 is 0. The highest BCUT2D eigenvalue weighted by Gasteiger charge is 2.41. The Kier molecular flexibility index (Phi) is 3.70. The molecule has 0 saturated carbocycles. The third-order valence-electron chi connectivity index (χ3n) is 3.60. The first-order chi connectivity index (χ1) is 8.81. The maximum Gasteiger partial charge on any atom is 0.114 e. The lowest BCUT2D eigenvalue weighted by atomic mass is 9.86. The number of rotatable bonds is 3. The van der Waals surface area contributed by atoms with Crippen LogP contribution in [0.15, 0.2) is 42.2 Å². The smallest absolute Gasteiger partial charge is 0.114 e. The van der Waals surface area contributed by atoms with Crippen LogP contribution in [-0.4, -0.2) is 11.1 Å². The Bertz CT molecular complexity index is 463. The first-order valence-electron chi connectivity index (χ1n) is 6.75. The van der Waals surface area contributed by atoms with Gasteiger partial charge in [-0.1, -0.05) is 30.3 Å². The molecule has 1 aliphatic rings. The van der Waals surface area contributed by atoms with Gasteiger partial charge in [-0.05, 0) is 33.3 Å². The summed E-state index contributed by atoms with van der Waals surface area (Å²) in [6, 6.07) is 10.1. The second-order valence-corrected chi connectivity index (χ2v) is 6.50. The van der Waals surface area contributed by atoms with Gasteiger partial charge in [0.2, 0.25) is 0 Å². The van der Waals surface area contributed by atoms with Crippen molar-refractivity contribution in [1.82, 2.24) is 0 Å². The largest absolute Gasteiger partial charge is 0.633 e. The lowest BCUT2D eigenvalue weighted by Crippen LogP contribution is -3.22. The van der Waals surface area contributed by atoms with Crippen LogP contribution in [0.1, 0.15) is 39.7 Å². The molecule has 1 atom stereocenters. The SMILES string of the molecule is CC1(C)C=C(OCc2ccccc2)CC(C)(C)[NH+]1[O-]. The maximum atomic E-state index is 12.3. The average molecular weight is 261 g/mol. The van der Waals surface area contributed by atoms with E-state index in [0.717, 1.165) is 11.3 Å². The molecule has 0 saturated heterocycles. The second kappa shape index (κ2) is 4.99. The maximum absolute atomic E-state index is 12.3. The molecule has 2 rings (SSSR count). The second-order valence-electron chi connectivity index (χ2n) is 6.50. The zero-order valence-electron chi connectivity index (χ0n) is 12.2. The van der Waals surface area contributed by atoms with Crippen molar-refractivity contribution in [3.05, 3.63) is 52.9 Å². The highest BCUT2D eigenvalue weighted by atomic mass is 16.5. The molecule has 1 aromatic rings. The van der Waals surface area contributed by atoms with Gasteiger partial charge >= 0.3 is 0 Å². The normalized spacial score (nSPS) is 24.7. The highest BCUT2D eigenvalue weighted by Crippen LogP contribution is 2.24. The topological polar surface area (TPSA) is 36.7 Å². The van der Waals surface area contributed by atoms with E-state index >= 15 is 0 Å². The average Bonchev–Trinajstić information content (AvgIpc) is 2.34. The summed E-state index contributed by atoms with van der Waals surface area (Å²) in [4.78, 5) is 0. The van der Waals surface area contributed by atoms with Gasteiger partial charge in [-0.3, -0.25) is 0 Å². The van der Waals surface area contributed by atoms with Crippen molar-refractivity contribution >= 4 is 0 Å². The summed E-state index contributed by atoms with van der Waals surface area (Å²) in [5.74, 6) is 0.929. The third kappa shape index (κ3) is 3.17. The minimum atomic E-state index is -0.437. The van der Waals surface area contributed by atoms with Crippen LogP contribution in [-0.2, 0) is 11.3 Å². The first kappa shape index (κ1) is 14.1. The number of hydrogen-bond donors (Lipinski definition) is 1. The molecule has 0 aromatic heterocycles. The fraction of sp³-hybridized carbons (Fsp3) is 0.500. The number of nitrogens with one attached hydrogen (secondary N) is 1.